The van der Waals surface area contributed by atoms with Crippen molar-refractivity contribution in [2.45, 2.75) is 0 Å². The van der Waals surface area contributed by atoms with Gasteiger partial charge in [-0.1, -0.05) is 17.7 Å². The minimum atomic E-state index is -0.499. The summed E-state index contributed by atoms with van der Waals surface area (Å²) >= 11 is 6.03. The summed E-state index contributed by atoms with van der Waals surface area (Å²) in [4.78, 5) is 12.2. The third-order valence-corrected chi connectivity index (χ3v) is 3.21. The van der Waals surface area contributed by atoms with Crippen molar-refractivity contribution < 1.29 is 19.4 Å². The first-order valence-corrected chi connectivity index (χ1v) is 6.45. The molecule has 6 heteroatoms. The van der Waals surface area contributed by atoms with Gasteiger partial charge in [0.2, 0.25) is 0 Å². The molecule has 21 heavy (non-hydrogen) atoms. The molecule has 5 nitrogen and oxygen atoms in total. The predicted molar refractivity (Wildman–Crippen MR) is 80.6 cm³/mol. The van der Waals surface area contributed by atoms with Crippen LogP contribution in [0.1, 0.15) is 10.4 Å². The van der Waals surface area contributed by atoms with Crippen LogP contribution in [0.15, 0.2) is 36.4 Å². The van der Waals surface area contributed by atoms with Crippen molar-refractivity contribution in [3.8, 4) is 17.2 Å². The highest BCUT2D eigenvalue weighted by atomic mass is 35.5. The summed E-state index contributed by atoms with van der Waals surface area (Å²) in [6.07, 6.45) is 0. The van der Waals surface area contributed by atoms with Gasteiger partial charge in [-0.3, -0.25) is 4.79 Å². The van der Waals surface area contributed by atoms with E-state index in [-0.39, 0.29) is 17.1 Å². The Balaban J connectivity index is 2.30. The van der Waals surface area contributed by atoms with E-state index in [1.54, 1.807) is 30.3 Å². The summed E-state index contributed by atoms with van der Waals surface area (Å²) in [5.41, 5.74) is 0.483. The lowest BCUT2D eigenvalue weighted by atomic mass is 10.1. The number of carbonyl (C=O) groups is 1. The summed E-state index contributed by atoms with van der Waals surface area (Å²) in [5.74, 6) is 0.0574. The van der Waals surface area contributed by atoms with E-state index in [0.29, 0.717) is 16.5 Å². The Kier molecular flexibility index (Phi) is 4.55. The molecule has 0 atom stereocenters. The van der Waals surface area contributed by atoms with Crippen LogP contribution in [0, 0.1) is 0 Å². The molecule has 0 saturated carbocycles. The standard InChI is InChI=1S/C15H14ClNO4/c1-20-9-6-7-11(16)12(8-9)17-15(19)10-4-3-5-13(21-2)14(10)18/h3-8,18H,1-2H3,(H,17,19). The fourth-order valence-electron chi connectivity index (χ4n) is 1.79. The molecule has 0 saturated heterocycles. The van der Waals surface area contributed by atoms with Crippen molar-refractivity contribution in [3.05, 3.63) is 47.0 Å². The number of halogens is 1. The van der Waals surface area contributed by atoms with Crippen molar-refractivity contribution in [1.82, 2.24) is 0 Å². The average Bonchev–Trinajstić information content (AvgIpc) is 2.49. The number of nitrogens with one attached hydrogen (secondary N) is 1. The number of phenolic OH excluding ortho intramolecular Hbond substituents is 1. The molecule has 2 N–H and O–H groups in total. The fraction of sp³-hybridized carbons (Fsp3) is 0.133. The second kappa shape index (κ2) is 6.37. The number of rotatable bonds is 4. The van der Waals surface area contributed by atoms with E-state index in [0.717, 1.165) is 0 Å². The van der Waals surface area contributed by atoms with Gasteiger partial charge in [-0.25, -0.2) is 0 Å². The van der Waals surface area contributed by atoms with Crippen LogP contribution in [-0.2, 0) is 0 Å². The monoisotopic (exact) mass is 307 g/mol. The number of hydrogen-bond acceptors (Lipinski definition) is 4. The van der Waals surface area contributed by atoms with Crippen LogP contribution >= 0.6 is 11.6 Å². The van der Waals surface area contributed by atoms with Gasteiger partial charge in [-0.05, 0) is 24.3 Å². The van der Waals surface area contributed by atoms with Crippen LogP contribution in [0.4, 0.5) is 5.69 Å². The lowest BCUT2D eigenvalue weighted by Crippen LogP contribution is -2.12. The molecule has 0 aliphatic rings. The normalized spacial score (nSPS) is 10.0. The second-order valence-electron chi connectivity index (χ2n) is 4.16. The number of hydrogen-bond donors (Lipinski definition) is 2. The van der Waals surface area contributed by atoms with Crippen molar-refractivity contribution in [2.24, 2.45) is 0 Å². The molecule has 2 rings (SSSR count). The first kappa shape index (κ1) is 15.0. The highest BCUT2D eigenvalue weighted by Gasteiger charge is 2.16. The third kappa shape index (κ3) is 3.20. The van der Waals surface area contributed by atoms with E-state index in [1.807, 2.05) is 0 Å². The molecule has 110 valence electrons. The molecule has 2 aromatic rings. The number of ether oxygens (including phenoxy) is 2. The maximum Gasteiger partial charge on any atom is 0.259 e. The zero-order valence-corrected chi connectivity index (χ0v) is 12.3. The van der Waals surface area contributed by atoms with Crippen LogP contribution in [0.3, 0.4) is 0 Å². The molecule has 0 bridgehead atoms. The Morgan fingerprint density at radius 2 is 1.95 bits per heavy atom. The molecule has 0 fully saturated rings. The Labute approximate surface area is 127 Å². The Bertz CT molecular complexity index is 673. The van der Waals surface area contributed by atoms with Crippen molar-refractivity contribution in [2.75, 3.05) is 19.5 Å². The summed E-state index contributed by atoms with van der Waals surface area (Å²) in [6, 6.07) is 9.55. The Morgan fingerprint density at radius 1 is 1.19 bits per heavy atom. The molecule has 0 unspecified atom stereocenters. The highest BCUT2D eigenvalue weighted by Crippen LogP contribution is 2.31. The lowest BCUT2D eigenvalue weighted by Gasteiger charge is -2.11. The van der Waals surface area contributed by atoms with Gasteiger partial charge in [0.05, 0.1) is 30.5 Å². The molecule has 0 spiro atoms. The molecule has 0 heterocycles. The van der Waals surface area contributed by atoms with E-state index in [4.69, 9.17) is 21.1 Å². The quantitative estimate of drug-likeness (QED) is 0.909. The molecule has 0 radical (unpaired) electrons. The number of benzene rings is 2. The number of methoxy groups -OCH3 is 2. The summed E-state index contributed by atoms with van der Waals surface area (Å²) in [6.45, 7) is 0. The number of aromatic hydroxyl groups is 1. The Hall–Kier alpha value is -2.40. The van der Waals surface area contributed by atoms with Gasteiger partial charge >= 0.3 is 0 Å². The van der Waals surface area contributed by atoms with Crippen LogP contribution in [0.5, 0.6) is 17.2 Å². The molecule has 0 aromatic heterocycles. The first-order chi connectivity index (χ1) is 10.1. The Morgan fingerprint density at radius 3 is 2.62 bits per heavy atom. The van der Waals surface area contributed by atoms with Gasteiger partial charge in [0.1, 0.15) is 5.75 Å². The average molecular weight is 308 g/mol. The van der Waals surface area contributed by atoms with E-state index < -0.39 is 5.91 Å². The number of carbonyl (C=O) groups excluding carboxylic acids is 1. The van der Waals surface area contributed by atoms with Gasteiger partial charge in [0, 0.05) is 6.07 Å². The van der Waals surface area contributed by atoms with Crippen molar-refractivity contribution >= 4 is 23.2 Å². The summed E-state index contributed by atoms with van der Waals surface area (Å²) < 4.78 is 10.0. The fourth-order valence-corrected chi connectivity index (χ4v) is 1.95. The largest absolute Gasteiger partial charge is 0.504 e. The van der Waals surface area contributed by atoms with E-state index in [2.05, 4.69) is 5.32 Å². The maximum absolute atomic E-state index is 12.2. The maximum atomic E-state index is 12.2. The minimum Gasteiger partial charge on any atom is -0.504 e. The first-order valence-electron chi connectivity index (χ1n) is 6.07. The van der Waals surface area contributed by atoms with Crippen LogP contribution in [0.2, 0.25) is 5.02 Å². The molecule has 0 aliphatic heterocycles. The van der Waals surface area contributed by atoms with E-state index in [1.165, 1.54) is 20.3 Å². The molecular formula is C15H14ClNO4. The van der Waals surface area contributed by atoms with E-state index >= 15 is 0 Å². The number of amides is 1. The number of para-hydroxylation sites is 1. The molecule has 1 amide bonds. The number of phenols is 1. The zero-order chi connectivity index (χ0) is 15.4. The van der Waals surface area contributed by atoms with Gasteiger partial charge in [0.15, 0.2) is 11.5 Å². The van der Waals surface area contributed by atoms with Crippen molar-refractivity contribution in [3.63, 3.8) is 0 Å². The smallest absolute Gasteiger partial charge is 0.259 e. The van der Waals surface area contributed by atoms with Gasteiger partial charge in [-0.2, -0.15) is 0 Å². The van der Waals surface area contributed by atoms with Gasteiger partial charge < -0.3 is 19.9 Å². The SMILES string of the molecule is COc1ccc(Cl)c(NC(=O)c2cccc(OC)c2O)c1. The molecule has 2 aromatic carbocycles. The van der Waals surface area contributed by atoms with Crippen molar-refractivity contribution in [1.29, 1.82) is 0 Å². The topological polar surface area (TPSA) is 67.8 Å². The lowest BCUT2D eigenvalue weighted by molar-refractivity contribution is 0.102. The summed E-state index contributed by atoms with van der Waals surface area (Å²) in [7, 11) is 2.93. The van der Waals surface area contributed by atoms with Gasteiger partial charge in [-0.15, -0.1) is 0 Å². The second-order valence-corrected chi connectivity index (χ2v) is 4.56. The zero-order valence-electron chi connectivity index (χ0n) is 11.5. The van der Waals surface area contributed by atoms with Crippen LogP contribution < -0.4 is 14.8 Å². The summed E-state index contributed by atoms with van der Waals surface area (Å²) in [5, 5.41) is 13.0. The minimum absolute atomic E-state index is 0.0910. The highest BCUT2D eigenvalue weighted by molar-refractivity contribution is 6.34. The molecular weight excluding hydrogens is 294 g/mol. The van der Waals surface area contributed by atoms with Gasteiger partial charge in [0.25, 0.3) is 5.91 Å². The molecule has 0 aliphatic carbocycles. The van der Waals surface area contributed by atoms with Crippen LogP contribution in [-0.4, -0.2) is 25.2 Å². The third-order valence-electron chi connectivity index (χ3n) is 2.89. The van der Waals surface area contributed by atoms with E-state index in [9.17, 15) is 9.90 Å². The number of anilines is 1. The predicted octanol–water partition coefficient (Wildman–Crippen LogP) is 3.32. The van der Waals surface area contributed by atoms with Crippen LogP contribution in [0.25, 0.3) is 0 Å².